The highest BCUT2D eigenvalue weighted by Gasteiger charge is 2.20. The van der Waals surface area contributed by atoms with E-state index in [2.05, 4.69) is 10.0 Å². The zero-order chi connectivity index (χ0) is 15.9. The van der Waals surface area contributed by atoms with E-state index in [-0.39, 0.29) is 11.3 Å². The maximum Gasteiger partial charge on any atom is 0.326 e. The lowest BCUT2D eigenvalue weighted by Gasteiger charge is -2.13. The monoisotopic (exact) mass is 316 g/mol. The Kier molecular flexibility index (Phi) is 6.28. The first kappa shape index (κ1) is 17.1. The van der Waals surface area contributed by atoms with Gasteiger partial charge in [-0.2, -0.15) is 0 Å². The van der Waals surface area contributed by atoms with Crippen molar-refractivity contribution < 1.29 is 28.2 Å². The smallest absolute Gasteiger partial charge is 0.326 e. The predicted octanol–water partition coefficient (Wildman–Crippen LogP) is -1.08. The Bertz CT molecular complexity index is 587. The molecule has 1 amide bonds. The first-order chi connectivity index (χ1) is 9.86. The molecule has 0 aliphatic rings. The van der Waals surface area contributed by atoms with Crippen LogP contribution in [0.4, 0.5) is 0 Å². The van der Waals surface area contributed by atoms with Crippen molar-refractivity contribution in [3.8, 4) is 0 Å². The maximum atomic E-state index is 11.8. The van der Waals surface area contributed by atoms with Crippen LogP contribution in [0.2, 0.25) is 0 Å². The summed E-state index contributed by atoms with van der Waals surface area (Å²) in [6.07, 6.45) is -0.160. The fourth-order valence-corrected chi connectivity index (χ4v) is 2.48. The van der Waals surface area contributed by atoms with Crippen molar-refractivity contribution >= 4 is 21.9 Å². The number of aliphatic hydroxyl groups excluding tert-OH is 1. The highest BCUT2D eigenvalue weighted by Crippen LogP contribution is 2.06. The second kappa shape index (κ2) is 7.72. The molecule has 0 spiro atoms. The molecule has 1 atom stereocenters. The molecule has 0 bridgehead atoms. The van der Waals surface area contributed by atoms with Crippen LogP contribution in [0.15, 0.2) is 35.2 Å². The molecule has 0 saturated heterocycles. The molecule has 1 aromatic rings. The fourth-order valence-electron chi connectivity index (χ4n) is 1.48. The average molecular weight is 316 g/mol. The van der Waals surface area contributed by atoms with Gasteiger partial charge in [0.25, 0.3) is 0 Å². The summed E-state index contributed by atoms with van der Waals surface area (Å²) in [5, 5.41) is 19.6. The molecule has 0 unspecified atom stereocenters. The highest BCUT2D eigenvalue weighted by molar-refractivity contribution is 7.89. The zero-order valence-corrected chi connectivity index (χ0v) is 11.8. The molecule has 116 valence electrons. The first-order valence-corrected chi connectivity index (χ1v) is 7.53. The highest BCUT2D eigenvalue weighted by atomic mass is 32.2. The molecule has 9 heteroatoms. The largest absolute Gasteiger partial charge is 0.480 e. The van der Waals surface area contributed by atoms with Crippen LogP contribution in [0.1, 0.15) is 6.42 Å². The van der Waals surface area contributed by atoms with Gasteiger partial charge in [-0.3, -0.25) is 4.79 Å². The van der Waals surface area contributed by atoms with Gasteiger partial charge in [0.15, 0.2) is 0 Å². The molecular weight excluding hydrogens is 300 g/mol. The second-order valence-electron chi connectivity index (χ2n) is 4.11. The molecule has 1 aromatic carbocycles. The van der Waals surface area contributed by atoms with Crippen molar-refractivity contribution in [3.63, 3.8) is 0 Å². The number of hydrogen-bond donors (Lipinski definition) is 4. The zero-order valence-electron chi connectivity index (χ0n) is 11.0. The summed E-state index contributed by atoms with van der Waals surface area (Å²) >= 11 is 0. The third kappa shape index (κ3) is 5.50. The number of carboxylic acid groups (broad SMARTS) is 1. The van der Waals surface area contributed by atoms with Crippen LogP contribution in [-0.4, -0.2) is 49.7 Å². The summed E-state index contributed by atoms with van der Waals surface area (Å²) in [4.78, 5) is 22.3. The van der Waals surface area contributed by atoms with Crippen LogP contribution in [0.5, 0.6) is 0 Å². The minimum atomic E-state index is -3.83. The van der Waals surface area contributed by atoms with Crippen molar-refractivity contribution in [2.75, 3.05) is 13.2 Å². The maximum absolute atomic E-state index is 11.8. The molecule has 0 aromatic heterocycles. The van der Waals surface area contributed by atoms with E-state index < -0.39 is 41.1 Å². The van der Waals surface area contributed by atoms with E-state index in [1.54, 1.807) is 6.07 Å². The third-order valence-corrected chi connectivity index (χ3v) is 3.94. The number of carbonyl (C=O) groups is 2. The lowest BCUT2D eigenvalue weighted by Crippen LogP contribution is -2.45. The number of aliphatic carboxylic acids is 1. The van der Waals surface area contributed by atoms with Crippen LogP contribution in [0.25, 0.3) is 0 Å². The quantitative estimate of drug-likeness (QED) is 0.482. The van der Waals surface area contributed by atoms with Crippen LogP contribution < -0.4 is 10.0 Å². The topological polar surface area (TPSA) is 133 Å². The van der Waals surface area contributed by atoms with Gasteiger partial charge in [0, 0.05) is 13.0 Å². The second-order valence-corrected chi connectivity index (χ2v) is 5.88. The average Bonchev–Trinajstić information content (AvgIpc) is 2.45. The van der Waals surface area contributed by atoms with E-state index in [4.69, 9.17) is 10.2 Å². The van der Waals surface area contributed by atoms with Crippen molar-refractivity contribution in [2.24, 2.45) is 0 Å². The number of sulfonamides is 1. The number of rotatable bonds is 8. The number of aliphatic hydroxyl groups is 1. The number of nitrogens with one attached hydrogen (secondary N) is 2. The summed E-state index contributed by atoms with van der Waals surface area (Å²) in [6.45, 7) is -1.00. The van der Waals surface area contributed by atoms with E-state index in [0.29, 0.717) is 0 Å². The van der Waals surface area contributed by atoms with Gasteiger partial charge in [-0.25, -0.2) is 17.9 Å². The number of hydrogen-bond acceptors (Lipinski definition) is 5. The van der Waals surface area contributed by atoms with Crippen molar-refractivity contribution in [2.45, 2.75) is 17.4 Å². The SMILES string of the molecule is O=C(CNS(=O)(=O)c1ccccc1)N[C@@H](CCO)C(=O)O. The predicted molar refractivity (Wildman–Crippen MR) is 72.9 cm³/mol. The normalized spacial score (nSPS) is 12.6. The van der Waals surface area contributed by atoms with E-state index in [1.807, 2.05) is 0 Å². The molecule has 1 rings (SSSR count). The molecular formula is C12H16N2O6S. The Balaban J connectivity index is 2.58. The minimum Gasteiger partial charge on any atom is -0.480 e. The summed E-state index contributed by atoms with van der Waals surface area (Å²) in [6, 6.07) is 6.20. The molecule has 0 saturated carbocycles. The number of amides is 1. The van der Waals surface area contributed by atoms with Crippen LogP contribution in [-0.2, 0) is 19.6 Å². The van der Waals surface area contributed by atoms with E-state index in [1.165, 1.54) is 24.3 Å². The summed E-state index contributed by atoms with van der Waals surface area (Å²) in [5.74, 6) is -2.10. The minimum absolute atomic E-state index is 0.00272. The molecule has 4 N–H and O–H groups in total. The van der Waals surface area contributed by atoms with Gasteiger partial charge in [-0.1, -0.05) is 18.2 Å². The Labute approximate surface area is 121 Å². The summed E-state index contributed by atoms with van der Waals surface area (Å²) < 4.78 is 25.7. The van der Waals surface area contributed by atoms with Crippen molar-refractivity contribution in [1.29, 1.82) is 0 Å². The standard InChI is InChI=1S/C12H16N2O6S/c15-7-6-10(12(17)18)14-11(16)8-13-21(19,20)9-4-2-1-3-5-9/h1-5,10,13,15H,6-8H2,(H,14,16)(H,17,18)/t10-/m0/s1. The number of carboxylic acids is 1. The van der Waals surface area contributed by atoms with Crippen LogP contribution in [0, 0.1) is 0 Å². The van der Waals surface area contributed by atoms with E-state index >= 15 is 0 Å². The van der Waals surface area contributed by atoms with Crippen molar-refractivity contribution in [3.05, 3.63) is 30.3 Å². The van der Waals surface area contributed by atoms with E-state index in [0.717, 1.165) is 0 Å². The third-order valence-electron chi connectivity index (χ3n) is 2.53. The number of carbonyl (C=O) groups excluding carboxylic acids is 1. The van der Waals surface area contributed by atoms with Gasteiger partial charge in [-0.15, -0.1) is 0 Å². The molecule has 0 aliphatic heterocycles. The lowest BCUT2D eigenvalue weighted by atomic mass is 10.2. The first-order valence-electron chi connectivity index (χ1n) is 6.04. The Morgan fingerprint density at radius 1 is 1.19 bits per heavy atom. The molecule has 0 heterocycles. The van der Waals surface area contributed by atoms with E-state index in [9.17, 15) is 18.0 Å². The molecule has 8 nitrogen and oxygen atoms in total. The van der Waals surface area contributed by atoms with Gasteiger partial charge in [0.1, 0.15) is 6.04 Å². The van der Waals surface area contributed by atoms with Gasteiger partial charge < -0.3 is 15.5 Å². The van der Waals surface area contributed by atoms with Crippen LogP contribution >= 0.6 is 0 Å². The Hall–Kier alpha value is -1.97. The molecule has 0 radical (unpaired) electrons. The van der Waals surface area contributed by atoms with Crippen molar-refractivity contribution in [1.82, 2.24) is 10.0 Å². The van der Waals surface area contributed by atoms with Gasteiger partial charge in [-0.05, 0) is 12.1 Å². The van der Waals surface area contributed by atoms with Crippen LogP contribution in [0.3, 0.4) is 0 Å². The molecule has 0 fully saturated rings. The number of benzene rings is 1. The molecule has 21 heavy (non-hydrogen) atoms. The van der Waals surface area contributed by atoms with Gasteiger partial charge in [0.2, 0.25) is 15.9 Å². The summed E-state index contributed by atoms with van der Waals surface area (Å²) in [7, 11) is -3.83. The Morgan fingerprint density at radius 3 is 2.33 bits per heavy atom. The van der Waals surface area contributed by atoms with Gasteiger partial charge >= 0.3 is 5.97 Å². The van der Waals surface area contributed by atoms with Gasteiger partial charge in [0.05, 0.1) is 11.4 Å². The summed E-state index contributed by atoms with van der Waals surface area (Å²) in [5.41, 5.74) is 0. The Morgan fingerprint density at radius 2 is 1.81 bits per heavy atom. The molecule has 0 aliphatic carbocycles. The fraction of sp³-hybridized carbons (Fsp3) is 0.333. The lowest BCUT2D eigenvalue weighted by molar-refractivity contribution is -0.142.